The normalized spacial score (nSPS) is 26.0. The number of carbonyl (C=O) groups is 1. The molecule has 2 heterocycles. The van der Waals surface area contributed by atoms with Gasteiger partial charge in [-0.05, 0) is 43.4 Å². The molecule has 1 aliphatic carbocycles. The first-order valence-electron chi connectivity index (χ1n) is 8.88. The maximum Gasteiger partial charge on any atom is 0.320 e. The van der Waals surface area contributed by atoms with Gasteiger partial charge in [-0.1, -0.05) is 41.3 Å². The van der Waals surface area contributed by atoms with Crippen LogP contribution in [0, 0.1) is 5.92 Å². The van der Waals surface area contributed by atoms with Crippen LogP contribution < -0.4 is 0 Å². The largest absolute Gasteiger partial charge is 0.480 e. The molecule has 2 aromatic rings. The van der Waals surface area contributed by atoms with E-state index in [2.05, 4.69) is 15.2 Å². The number of rotatable bonds is 4. The fourth-order valence-electron chi connectivity index (χ4n) is 4.33. The molecule has 6 nitrogen and oxygen atoms in total. The van der Waals surface area contributed by atoms with Gasteiger partial charge >= 0.3 is 5.97 Å². The van der Waals surface area contributed by atoms with Crippen LogP contribution >= 0.6 is 23.2 Å². The number of hydrogen-bond acceptors (Lipinski definition) is 4. The maximum atomic E-state index is 11.7. The maximum absolute atomic E-state index is 11.7. The first kappa shape index (κ1) is 17.8. The topological polar surface area (TPSA) is 71.2 Å². The van der Waals surface area contributed by atoms with Crippen molar-refractivity contribution in [2.24, 2.45) is 5.92 Å². The van der Waals surface area contributed by atoms with Crippen molar-refractivity contribution in [3.63, 3.8) is 0 Å². The summed E-state index contributed by atoms with van der Waals surface area (Å²) in [6.45, 7) is 0.499. The van der Waals surface area contributed by atoms with Crippen LogP contribution in [-0.4, -0.2) is 43.1 Å². The molecule has 0 radical (unpaired) electrons. The molecule has 1 saturated carbocycles. The van der Waals surface area contributed by atoms with Crippen LogP contribution in [0.4, 0.5) is 0 Å². The summed E-state index contributed by atoms with van der Waals surface area (Å²) in [6.07, 6.45) is 7.13. The van der Waals surface area contributed by atoms with Crippen LogP contribution in [0.25, 0.3) is 5.69 Å². The zero-order valence-electron chi connectivity index (χ0n) is 14.2. The number of likely N-dealkylation sites (tertiary alicyclic amines) is 1. The lowest BCUT2D eigenvalue weighted by Gasteiger charge is -2.32. The van der Waals surface area contributed by atoms with E-state index in [1.54, 1.807) is 16.8 Å². The molecule has 0 bridgehead atoms. The van der Waals surface area contributed by atoms with E-state index in [9.17, 15) is 9.90 Å². The van der Waals surface area contributed by atoms with Crippen molar-refractivity contribution in [1.82, 2.24) is 19.9 Å². The van der Waals surface area contributed by atoms with E-state index in [1.807, 2.05) is 12.3 Å². The van der Waals surface area contributed by atoms with Gasteiger partial charge in [0.15, 0.2) is 0 Å². The molecule has 1 aromatic carbocycles. The minimum Gasteiger partial charge on any atom is -0.480 e. The van der Waals surface area contributed by atoms with Gasteiger partial charge in [0.1, 0.15) is 6.04 Å². The minimum atomic E-state index is -0.740. The van der Waals surface area contributed by atoms with Gasteiger partial charge in [-0.3, -0.25) is 9.69 Å². The number of aliphatic carboxylic acids is 1. The Morgan fingerprint density at radius 3 is 2.81 bits per heavy atom. The van der Waals surface area contributed by atoms with Crippen molar-refractivity contribution in [2.45, 2.75) is 50.7 Å². The molecular formula is C18H20Cl2N4O2. The molecule has 138 valence electrons. The van der Waals surface area contributed by atoms with Gasteiger partial charge in [-0.25, -0.2) is 4.68 Å². The summed E-state index contributed by atoms with van der Waals surface area (Å²) in [5.74, 6) is -0.258. The summed E-state index contributed by atoms with van der Waals surface area (Å²) < 4.78 is 1.64. The molecule has 0 amide bonds. The molecule has 1 aliphatic heterocycles. The van der Waals surface area contributed by atoms with Gasteiger partial charge in [-0.2, -0.15) is 0 Å². The lowest BCUT2D eigenvalue weighted by Crippen LogP contribution is -2.41. The Balaban J connectivity index is 1.55. The lowest BCUT2D eigenvalue weighted by atomic mass is 9.85. The molecular weight excluding hydrogens is 375 g/mol. The summed E-state index contributed by atoms with van der Waals surface area (Å²) in [5, 5.41) is 19.0. The quantitative estimate of drug-likeness (QED) is 0.853. The lowest BCUT2D eigenvalue weighted by molar-refractivity contribution is -0.142. The summed E-state index contributed by atoms with van der Waals surface area (Å²) in [6, 6.07) is 5.17. The van der Waals surface area contributed by atoms with Crippen molar-refractivity contribution in [1.29, 1.82) is 0 Å². The highest BCUT2D eigenvalue weighted by Gasteiger charge is 2.45. The van der Waals surface area contributed by atoms with Crippen LogP contribution in [-0.2, 0) is 11.3 Å². The van der Waals surface area contributed by atoms with E-state index >= 15 is 0 Å². The molecule has 3 unspecified atom stereocenters. The zero-order valence-corrected chi connectivity index (χ0v) is 15.7. The molecule has 26 heavy (non-hydrogen) atoms. The fraction of sp³-hybridized carbons (Fsp3) is 0.500. The summed E-state index contributed by atoms with van der Waals surface area (Å²) in [4.78, 5) is 13.8. The highest BCUT2D eigenvalue weighted by atomic mass is 35.5. The molecule has 2 fully saturated rings. The molecule has 1 aromatic heterocycles. The zero-order chi connectivity index (χ0) is 18.3. The van der Waals surface area contributed by atoms with Crippen LogP contribution in [0.15, 0.2) is 24.4 Å². The van der Waals surface area contributed by atoms with Crippen molar-refractivity contribution < 1.29 is 9.90 Å². The number of carboxylic acid groups (broad SMARTS) is 1. The van der Waals surface area contributed by atoms with Gasteiger partial charge in [0, 0.05) is 12.6 Å². The van der Waals surface area contributed by atoms with Crippen molar-refractivity contribution in [3.05, 3.63) is 40.1 Å². The number of halogens is 2. The van der Waals surface area contributed by atoms with Crippen LogP contribution in [0.3, 0.4) is 0 Å². The third kappa shape index (κ3) is 3.33. The Hall–Kier alpha value is -1.63. The smallest absolute Gasteiger partial charge is 0.320 e. The minimum absolute atomic E-state index is 0.333. The Morgan fingerprint density at radius 1 is 1.23 bits per heavy atom. The number of fused-ring (bicyclic) bond motifs is 1. The average molecular weight is 395 g/mol. The first-order valence-corrected chi connectivity index (χ1v) is 9.63. The number of carboxylic acids is 1. The van der Waals surface area contributed by atoms with E-state index in [0.717, 1.165) is 30.6 Å². The molecule has 4 rings (SSSR count). The van der Waals surface area contributed by atoms with E-state index in [0.29, 0.717) is 28.5 Å². The second-order valence-corrected chi connectivity index (χ2v) is 7.94. The Bertz CT molecular complexity index is 825. The van der Waals surface area contributed by atoms with E-state index in [1.165, 1.54) is 12.8 Å². The van der Waals surface area contributed by atoms with Crippen molar-refractivity contribution in [2.75, 3.05) is 0 Å². The summed E-state index contributed by atoms with van der Waals surface area (Å²) in [5.41, 5.74) is 1.53. The first-order chi connectivity index (χ1) is 12.5. The van der Waals surface area contributed by atoms with Crippen LogP contribution in [0.2, 0.25) is 10.0 Å². The monoisotopic (exact) mass is 394 g/mol. The van der Waals surface area contributed by atoms with Gasteiger partial charge < -0.3 is 5.11 Å². The molecule has 2 aliphatic rings. The Labute approximate surface area is 161 Å². The van der Waals surface area contributed by atoms with Gasteiger partial charge in [-0.15, -0.1) is 5.10 Å². The van der Waals surface area contributed by atoms with E-state index in [4.69, 9.17) is 23.2 Å². The molecule has 3 atom stereocenters. The fourth-order valence-corrected chi connectivity index (χ4v) is 4.63. The Morgan fingerprint density at radius 2 is 2.04 bits per heavy atom. The second-order valence-electron chi connectivity index (χ2n) is 7.13. The summed E-state index contributed by atoms with van der Waals surface area (Å²) in [7, 11) is 0. The van der Waals surface area contributed by atoms with E-state index < -0.39 is 12.0 Å². The standard InChI is InChI=1S/C18H20Cl2N4O2/c19-14-6-5-13(8-15(14)20)24-10-12(21-22-24)9-23-16-4-2-1-3-11(16)7-17(23)18(25)26/h5-6,8,10-11,16-17H,1-4,7,9H2,(H,25,26). The van der Waals surface area contributed by atoms with Gasteiger partial charge in [0.2, 0.25) is 0 Å². The predicted molar refractivity (Wildman–Crippen MR) is 98.7 cm³/mol. The summed E-state index contributed by atoms with van der Waals surface area (Å²) >= 11 is 12.0. The third-order valence-electron chi connectivity index (χ3n) is 5.56. The SMILES string of the molecule is O=C(O)C1CC2CCCCC2N1Cc1cn(-c2ccc(Cl)c(Cl)c2)nn1. The Kier molecular flexibility index (Phi) is 4.90. The van der Waals surface area contributed by atoms with Crippen LogP contribution in [0.1, 0.15) is 37.8 Å². The third-order valence-corrected chi connectivity index (χ3v) is 6.30. The highest BCUT2D eigenvalue weighted by molar-refractivity contribution is 6.42. The number of nitrogens with zero attached hydrogens (tertiary/aromatic N) is 4. The number of aromatic nitrogens is 3. The molecule has 1 N–H and O–H groups in total. The number of benzene rings is 1. The van der Waals surface area contributed by atoms with E-state index in [-0.39, 0.29) is 0 Å². The van der Waals surface area contributed by atoms with Crippen LogP contribution in [0.5, 0.6) is 0 Å². The number of hydrogen-bond donors (Lipinski definition) is 1. The van der Waals surface area contributed by atoms with Crippen molar-refractivity contribution >= 4 is 29.2 Å². The molecule has 8 heteroatoms. The molecule has 1 saturated heterocycles. The average Bonchev–Trinajstić information content (AvgIpc) is 3.23. The second kappa shape index (κ2) is 7.18. The van der Waals surface area contributed by atoms with Crippen molar-refractivity contribution in [3.8, 4) is 5.69 Å². The van der Waals surface area contributed by atoms with Gasteiger partial charge in [0.05, 0.1) is 27.6 Å². The predicted octanol–water partition coefficient (Wildman–Crippen LogP) is 3.79. The highest BCUT2D eigenvalue weighted by Crippen LogP contribution is 2.40. The molecule has 0 spiro atoms. The van der Waals surface area contributed by atoms with Gasteiger partial charge in [0.25, 0.3) is 0 Å².